The zero-order valence-corrected chi connectivity index (χ0v) is 22.8. The zero-order valence-electron chi connectivity index (χ0n) is 22.8. The normalized spacial score (nSPS) is 14.2. The topological polar surface area (TPSA) is 71.8 Å². The molecule has 8 heteroatoms. The molecular formula is C29H45N5O3. The summed E-state index contributed by atoms with van der Waals surface area (Å²) in [6.45, 7) is 15.3. The van der Waals surface area contributed by atoms with Crippen LogP contribution in [-0.2, 0) is 20.8 Å². The van der Waals surface area contributed by atoms with E-state index >= 15 is 0 Å². The van der Waals surface area contributed by atoms with Gasteiger partial charge in [0.1, 0.15) is 0 Å². The molecule has 1 aliphatic heterocycles. The maximum Gasteiger partial charge on any atom is 0.0701 e. The van der Waals surface area contributed by atoms with Crippen molar-refractivity contribution >= 4 is 11.4 Å². The van der Waals surface area contributed by atoms with Crippen molar-refractivity contribution in [3.8, 4) is 0 Å². The molecule has 0 bridgehead atoms. The van der Waals surface area contributed by atoms with E-state index in [4.69, 9.17) is 19.2 Å². The van der Waals surface area contributed by atoms with E-state index in [-0.39, 0.29) is 0 Å². The molecule has 2 rings (SSSR count). The van der Waals surface area contributed by atoms with Crippen molar-refractivity contribution in [3.05, 3.63) is 67.0 Å². The van der Waals surface area contributed by atoms with Crippen LogP contribution in [0.3, 0.4) is 0 Å². The second-order valence-electron chi connectivity index (χ2n) is 8.60. The van der Waals surface area contributed by atoms with E-state index in [1.54, 1.807) is 6.08 Å². The average Bonchev–Trinajstić information content (AvgIpc) is 2.93. The van der Waals surface area contributed by atoms with Gasteiger partial charge in [-0.05, 0) is 37.6 Å². The summed E-state index contributed by atoms with van der Waals surface area (Å²) in [5.41, 5.74) is 3.19. The number of aliphatic imine (C=N–C) groups is 2. The summed E-state index contributed by atoms with van der Waals surface area (Å²) in [6.07, 6.45) is 13.0. The third kappa shape index (κ3) is 14.7. The van der Waals surface area contributed by atoms with Crippen molar-refractivity contribution in [1.29, 1.82) is 0 Å². The van der Waals surface area contributed by atoms with Gasteiger partial charge in [-0.2, -0.15) is 0 Å². The number of hydrogen-bond donors (Lipinski definition) is 0. The van der Waals surface area contributed by atoms with Gasteiger partial charge in [0, 0.05) is 77.1 Å². The van der Waals surface area contributed by atoms with Gasteiger partial charge < -0.3 is 14.2 Å². The number of aromatic nitrogens is 1. The van der Waals surface area contributed by atoms with Crippen LogP contribution in [0.4, 0.5) is 0 Å². The first-order valence-corrected chi connectivity index (χ1v) is 13.3. The molecule has 2 heterocycles. The molecule has 0 spiro atoms. The Morgan fingerprint density at radius 2 is 1.81 bits per heavy atom. The molecule has 0 unspecified atom stereocenters. The fourth-order valence-corrected chi connectivity index (χ4v) is 3.76. The first-order valence-electron chi connectivity index (χ1n) is 13.3. The molecule has 1 aromatic rings. The van der Waals surface area contributed by atoms with Crippen molar-refractivity contribution in [2.45, 2.75) is 19.9 Å². The summed E-state index contributed by atoms with van der Waals surface area (Å²) >= 11 is 0. The van der Waals surface area contributed by atoms with Crippen molar-refractivity contribution in [2.24, 2.45) is 9.98 Å². The van der Waals surface area contributed by atoms with Crippen molar-refractivity contribution in [2.75, 3.05) is 86.0 Å². The fourth-order valence-electron chi connectivity index (χ4n) is 3.76. The van der Waals surface area contributed by atoms with Gasteiger partial charge in [-0.3, -0.25) is 24.8 Å². The molecule has 0 aromatic carbocycles. The summed E-state index contributed by atoms with van der Waals surface area (Å²) in [7, 11) is 1.84. The lowest BCUT2D eigenvalue weighted by Gasteiger charge is -2.28. The number of allylic oxidation sites excluding steroid dienone is 2. The van der Waals surface area contributed by atoms with E-state index in [1.807, 2.05) is 44.5 Å². The summed E-state index contributed by atoms with van der Waals surface area (Å²) < 4.78 is 16.7. The molecule has 0 radical (unpaired) electrons. The molecule has 0 atom stereocenters. The second-order valence-corrected chi connectivity index (χ2v) is 8.60. The highest BCUT2D eigenvalue weighted by Crippen LogP contribution is 2.05. The van der Waals surface area contributed by atoms with E-state index in [1.165, 1.54) is 0 Å². The monoisotopic (exact) mass is 511 g/mol. The van der Waals surface area contributed by atoms with Crippen LogP contribution in [-0.4, -0.2) is 112 Å². The Morgan fingerprint density at radius 1 is 1.03 bits per heavy atom. The molecule has 0 amide bonds. The van der Waals surface area contributed by atoms with Crippen LogP contribution >= 0.6 is 0 Å². The molecule has 8 nitrogen and oxygen atoms in total. The van der Waals surface area contributed by atoms with Gasteiger partial charge in [-0.15, -0.1) is 0 Å². The lowest BCUT2D eigenvalue weighted by atomic mass is 10.2. The Balaban J connectivity index is 1.93. The predicted molar refractivity (Wildman–Crippen MR) is 153 cm³/mol. The molecule has 0 saturated heterocycles. The predicted octanol–water partition coefficient (Wildman–Crippen LogP) is 3.47. The van der Waals surface area contributed by atoms with Crippen molar-refractivity contribution in [3.63, 3.8) is 0 Å². The molecule has 1 aromatic heterocycles. The molecule has 0 N–H and O–H groups in total. The van der Waals surface area contributed by atoms with Gasteiger partial charge in [0.25, 0.3) is 0 Å². The first kappa shape index (κ1) is 30.7. The number of nitrogens with zero attached hydrogens (tertiary/aromatic N) is 5. The molecule has 0 aliphatic carbocycles. The molecule has 1 aliphatic rings. The highest BCUT2D eigenvalue weighted by Gasteiger charge is 2.14. The summed E-state index contributed by atoms with van der Waals surface area (Å²) in [5, 5.41) is 0. The number of hydrogen-bond acceptors (Lipinski definition) is 8. The standard InChI is InChI=1S/C29H45N5O3/c1-4-6-11-27(30-3)24-34(26-29-13-8-10-15-32-29)17-16-33(25-28-12-7-9-14-31-28)18-19-36-22-23-37-21-20-35-5-2/h4,6-9,11-14H,1,5,10,15-26H2,2-3H3/b11-6-,30-27+. The smallest absolute Gasteiger partial charge is 0.0701 e. The maximum atomic E-state index is 5.86. The second kappa shape index (κ2) is 20.6. The molecule has 37 heavy (non-hydrogen) atoms. The number of pyridine rings is 1. The van der Waals surface area contributed by atoms with Gasteiger partial charge in [-0.1, -0.05) is 30.9 Å². The fraction of sp³-hybridized carbons (Fsp3) is 0.552. The highest BCUT2D eigenvalue weighted by atomic mass is 16.5. The van der Waals surface area contributed by atoms with Gasteiger partial charge >= 0.3 is 0 Å². The Morgan fingerprint density at radius 3 is 2.49 bits per heavy atom. The Labute approximate surface area is 223 Å². The number of rotatable bonds is 21. The van der Waals surface area contributed by atoms with Gasteiger partial charge in [0.05, 0.1) is 38.7 Å². The first-order chi connectivity index (χ1) is 18.2. The van der Waals surface area contributed by atoms with Crippen LogP contribution in [0.15, 0.2) is 71.3 Å². The van der Waals surface area contributed by atoms with E-state index in [9.17, 15) is 0 Å². The van der Waals surface area contributed by atoms with Crippen LogP contribution < -0.4 is 0 Å². The van der Waals surface area contributed by atoms with E-state index < -0.39 is 0 Å². The van der Waals surface area contributed by atoms with Crippen LogP contribution in [0.5, 0.6) is 0 Å². The maximum absolute atomic E-state index is 5.86. The quantitative estimate of drug-likeness (QED) is 0.143. The van der Waals surface area contributed by atoms with E-state index in [0.717, 1.165) is 69.4 Å². The minimum atomic E-state index is 0.577. The minimum Gasteiger partial charge on any atom is -0.379 e. The molecule has 0 saturated carbocycles. The van der Waals surface area contributed by atoms with E-state index in [2.05, 4.69) is 44.6 Å². The van der Waals surface area contributed by atoms with E-state index in [0.29, 0.717) is 39.6 Å². The third-order valence-corrected chi connectivity index (χ3v) is 5.75. The van der Waals surface area contributed by atoms with Crippen molar-refractivity contribution < 1.29 is 14.2 Å². The summed E-state index contributed by atoms with van der Waals surface area (Å²) in [4.78, 5) is 18.5. The summed E-state index contributed by atoms with van der Waals surface area (Å²) in [6, 6.07) is 6.05. The number of ether oxygens (including phenoxy) is 3. The Hall–Kier alpha value is -2.49. The lowest BCUT2D eigenvalue weighted by Crippen LogP contribution is -2.41. The molecule has 204 valence electrons. The SMILES string of the molecule is C=C/C=C\C(CN(CCN(CCOCCOCCOCC)Cc1ccccn1)CC1=NCCC=C1)=N/C. The largest absolute Gasteiger partial charge is 0.379 e. The highest BCUT2D eigenvalue weighted by molar-refractivity contribution is 5.99. The third-order valence-electron chi connectivity index (χ3n) is 5.75. The average molecular weight is 512 g/mol. The summed E-state index contributed by atoms with van der Waals surface area (Å²) in [5.74, 6) is 0. The van der Waals surface area contributed by atoms with Gasteiger partial charge in [0.2, 0.25) is 0 Å². The zero-order chi connectivity index (χ0) is 26.4. The Bertz CT molecular complexity index is 854. The van der Waals surface area contributed by atoms with Crippen LogP contribution in [0, 0.1) is 0 Å². The van der Waals surface area contributed by atoms with Crippen LogP contribution in [0.25, 0.3) is 0 Å². The lowest BCUT2D eigenvalue weighted by molar-refractivity contribution is 0.0119. The van der Waals surface area contributed by atoms with Crippen LogP contribution in [0.1, 0.15) is 19.0 Å². The minimum absolute atomic E-state index is 0.577. The van der Waals surface area contributed by atoms with Gasteiger partial charge in [0.15, 0.2) is 0 Å². The van der Waals surface area contributed by atoms with Gasteiger partial charge in [-0.25, -0.2) is 0 Å². The molecular weight excluding hydrogens is 466 g/mol. The molecule has 0 fully saturated rings. The van der Waals surface area contributed by atoms with Crippen LogP contribution in [0.2, 0.25) is 0 Å². The Kier molecular flexibility index (Phi) is 17.1. The number of dihydropyridines is 1. The van der Waals surface area contributed by atoms with Crippen molar-refractivity contribution in [1.82, 2.24) is 14.8 Å².